The zero-order valence-electron chi connectivity index (χ0n) is 13.9. The van der Waals surface area contributed by atoms with Gasteiger partial charge in [-0.1, -0.05) is 11.2 Å². The third-order valence-corrected chi connectivity index (χ3v) is 5.24. The van der Waals surface area contributed by atoms with E-state index in [4.69, 9.17) is 8.94 Å². The Morgan fingerprint density at radius 2 is 2.08 bits per heavy atom. The summed E-state index contributed by atoms with van der Waals surface area (Å²) in [6, 6.07) is 8.84. The van der Waals surface area contributed by atoms with Gasteiger partial charge in [-0.15, -0.1) is 11.3 Å². The lowest BCUT2D eigenvalue weighted by atomic mass is 10.0. The fourth-order valence-corrected chi connectivity index (χ4v) is 3.63. The molecular weight excluding hydrogens is 354 g/mol. The van der Waals surface area contributed by atoms with E-state index in [1.165, 1.54) is 17.6 Å². The van der Waals surface area contributed by atoms with Gasteiger partial charge >= 0.3 is 0 Å². The number of hydrogen-bond acceptors (Lipinski definition) is 6. The zero-order chi connectivity index (χ0) is 17.9. The first-order chi connectivity index (χ1) is 12.7. The van der Waals surface area contributed by atoms with Crippen molar-refractivity contribution in [2.45, 2.75) is 18.9 Å². The smallest absolute Gasteiger partial charge is 0.289 e. The van der Waals surface area contributed by atoms with Crippen LogP contribution in [-0.4, -0.2) is 41.0 Å². The van der Waals surface area contributed by atoms with Crippen LogP contribution in [0.25, 0.3) is 10.6 Å². The first-order valence-electron chi connectivity index (χ1n) is 8.35. The molecule has 1 fully saturated rings. The highest BCUT2D eigenvalue weighted by molar-refractivity contribution is 7.13. The zero-order valence-corrected chi connectivity index (χ0v) is 14.7. The number of aromatic nitrogens is 1. The third kappa shape index (κ3) is 3.41. The number of furan rings is 1. The minimum atomic E-state index is -0.257. The number of carbonyl (C=O) groups excluding carboxylic acids is 2. The lowest BCUT2D eigenvalue weighted by Gasteiger charge is -2.31. The van der Waals surface area contributed by atoms with Gasteiger partial charge in [-0.3, -0.25) is 9.59 Å². The number of rotatable bonds is 4. The molecule has 1 N–H and O–H groups in total. The second-order valence-corrected chi connectivity index (χ2v) is 7.02. The van der Waals surface area contributed by atoms with E-state index in [1.54, 1.807) is 23.1 Å². The highest BCUT2D eigenvalue weighted by Crippen LogP contribution is 2.25. The Hall–Kier alpha value is -2.87. The molecule has 1 saturated heterocycles. The Bertz CT molecular complexity index is 878. The Labute approximate surface area is 153 Å². The largest absolute Gasteiger partial charge is 0.459 e. The van der Waals surface area contributed by atoms with Crippen LogP contribution in [0.1, 0.15) is 33.9 Å². The number of amides is 2. The Morgan fingerprint density at radius 1 is 1.23 bits per heavy atom. The van der Waals surface area contributed by atoms with E-state index in [0.717, 1.165) is 4.88 Å². The normalized spacial score (nSPS) is 15.2. The fraction of sp³-hybridized carbons (Fsp3) is 0.278. The van der Waals surface area contributed by atoms with Crippen LogP contribution in [0.3, 0.4) is 0 Å². The molecule has 4 heterocycles. The van der Waals surface area contributed by atoms with Crippen molar-refractivity contribution >= 4 is 23.2 Å². The standard InChI is InChI=1S/C18H17N3O4S/c22-17(13-11-15(25-20-13)16-4-2-10-26-16)19-12-5-7-21(8-6-12)18(23)14-3-1-9-24-14/h1-4,9-12H,5-8H2,(H,19,22). The minimum absolute atomic E-state index is 0.00467. The summed E-state index contributed by atoms with van der Waals surface area (Å²) >= 11 is 1.53. The van der Waals surface area contributed by atoms with Gasteiger partial charge in [0.1, 0.15) is 0 Å². The summed E-state index contributed by atoms with van der Waals surface area (Å²) in [6.45, 7) is 1.15. The molecule has 0 atom stereocenters. The van der Waals surface area contributed by atoms with Crippen molar-refractivity contribution in [3.8, 4) is 10.6 Å². The second-order valence-electron chi connectivity index (χ2n) is 6.07. The van der Waals surface area contributed by atoms with Crippen molar-refractivity contribution in [2.75, 3.05) is 13.1 Å². The molecule has 7 nitrogen and oxygen atoms in total. The average Bonchev–Trinajstić information content (AvgIpc) is 3.43. The highest BCUT2D eigenvalue weighted by atomic mass is 32.1. The molecule has 0 radical (unpaired) electrons. The van der Waals surface area contributed by atoms with E-state index in [9.17, 15) is 9.59 Å². The van der Waals surface area contributed by atoms with Crippen molar-refractivity contribution in [1.82, 2.24) is 15.4 Å². The summed E-state index contributed by atoms with van der Waals surface area (Å²) in [7, 11) is 0. The Balaban J connectivity index is 1.31. The summed E-state index contributed by atoms with van der Waals surface area (Å²) < 4.78 is 10.4. The first kappa shape index (κ1) is 16.6. The second kappa shape index (κ2) is 7.17. The van der Waals surface area contributed by atoms with Gasteiger partial charge in [0.15, 0.2) is 17.2 Å². The summed E-state index contributed by atoms with van der Waals surface area (Å²) in [5.74, 6) is 0.560. The number of nitrogens with one attached hydrogen (secondary N) is 1. The number of carbonyl (C=O) groups is 2. The molecule has 0 spiro atoms. The monoisotopic (exact) mass is 371 g/mol. The van der Waals surface area contributed by atoms with Crippen LogP contribution in [0, 0.1) is 0 Å². The van der Waals surface area contributed by atoms with Gasteiger partial charge in [-0.25, -0.2) is 0 Å². The van der Waals surface area contributed by atoms with Crippen molar-refractivity contribution in [3.63, 3.8) is 0 Å². The lowest BCUT2D eigenvalue weighted by Crippen LogP contribution is -2.46. The van der Waals surface area contributed by atoms with Gasteiger partial charge < -0.3 is 19.2 Å². The fourth-order valence-electron chi connectivity index (χ4n) is 2.96. The molecule has 0 aromatic carbocycles. The van der Waals surface area contributed by atoms with Gasteiger partial charge in [0, 0.05) is 25.2 Å². The van der Waals surface area contributed by atoms with E-state index in [2.05, 4.69) is 10.5 Å². The average molecular weight is 371 g/mol. The predicted molar refractivity (Wildman–Crippen MR) is 94.9 cm³/mol. The Kier molecular flexibility index (Phi) is 4.57. The highest BCUT2D eigenvalue weighted by Gasteiger charge is 2.26. The van der Waals surface area contributed by atoms with Crippen molar-refractivity contribution in [2.24, 2.45) is 0 Å². The van der Waals surface area contributed by atoms with Gasteiger partial charge in [0.2, 0.25) is 0 Å². The van der Waals surface area contributed by atoms with Crippen LogP contribution in [0.5, 0.6) is 0 Å². The van der Waals surface area contributed by atoms with Crippen LogP contribution in [-0.2, 0) is 0 Å². The molecule has 134 valence electrons. The van der Waals surface area contributed by atoms with Crippen LogP contribution >= 0.6 is 11.3 Å². The molecule has 3 aromatic rings. The molecule has 0 unspecified atom stereocenters. The molecule has 26 heavy (non-hydrogen) atoms. The molecule has 8 heteroatoms. The molecule has 2 amide bonds. The quantitative estimate of drug-likeness (QED) is 0.761. The van der Waals surface area contributed by atoms with E-state index in [0.29, 0.717) is 37.5 Å². The summed E-state index contributed by atoms with van der Waals surface area (Å²) in [5, 5.41) is 8.77. The molecule has 0 saturated carbocycles. The lowest BCUT2D eigenvalue weighted by molar-refractivity contribution is 0.0667. The van der Waals surface area contributed by atoms with Crippen LogP contribution in [0.4, 0.5) is 0 Å². The SMILES string of the molecule is O=C(NC1CCN(C(=O)c2ccco2)CC1)c1cc(-c2cccs2)on1. The number of piperidine rings is 1. The summed E-state index contributed by atoms with van der Waals surface area (Å²) in [5.41, 5.74) is 0.266. The summed E-state index contributed by atoms with van der Waals surface area (Å²) in [4.78, 5) is 27.3. The Morgan fingerprint density at radius 3 is 2.77 bits per heavy atom. The van der Waals surface area contributed by atoms with Gasteiger partial charge in [-0.05, 0) is 36.4 Å². The molecule has 4 rings (SSSR count). The van der Waals surface area contributed by atoms with Crippen LogP contribution in [0.15, 0.2) is 50.9 Å². The molecular formula is C18H17N3O4S. The van der Waals surface area contributed by atoms with E-state index in [1.807, 2.05) is 17.5 Å². The minimum Gasteiger partial charge on any atom is -0.459 e. The maximum absolute atomic E-state index is 12.4. The molecule has 0 bridgehead atoms. The van der Waals surface area contributed by atoms with Crippen molar-refractivity contribution < 1.29 is 18.5 Å². The van der Waals surface area contributed by atoms with E-state index in [-0.39, 0.29) is 23.6 Å². The number of hydrogen-bond donors (Lipinski definition) is 1. The van der Waals surface area contributed by atoms with Crippen LogP contribution in [0.2, 0.25) is 0 Å². The van der Waals surface area contributed by atoms with Crippen molar-refractivity contribution in [3.05, 3.63) is 53.4 Å². The molecule has 1 aliphatic rings. The van der Waals surface area contributed by atoms with Crippen LogP contribution < -0.4 is 5.32 Å². The van der Waals surface area contributed by atoms with Gasteiger partial charge in [0.25, 0.3) is 11.8 Å². The molecule has 3 aromatic heterocycles. The van der Waals surface area contributed by atoms with Gasteiger partial charge in [0.05, 0.1) is 11.1 Å². The maximum atomic E-state index is 12.4. The van der Waals surface area contributed by atoms with Crippen molar-refractivity contribution in [1.29, 1.82) is 0 Å². The third-order valence-electron chi connectivity index (χ3n) is 4.36. The predicted octanol–water partition coefficient (Wildman–Crippen LogP) is 3.03. The summed E-state index contributed by atoms with van der Waals surface area (Å²) in [6.07, 6.45) is 2.87. The molecule has 0 aliphatic carbocycles. The number of thiophene rings is 1. The topological polar surface area (TPSA) is 88.6 Å². The van der Waals surface area contributed by atoms with E-state index < -0.39 is 0 Å². The number of likely N-dealkylation sites (tertiary alicyclic amines) is 1. The molecule has 1 aliphatic heterocycles. The van der Waals surface area contributed by atoms with E-state index >= 15 is 0 Å². The van der Waals surface area contributed by atoms with Gasteiger partial charge in [-0.2, -0.15) is 0 Å². The first-order valence-corrected chi connectivity index (χ1v) is 9.23. The number of nitrogens with zero attached hydrogens (tertiary/aromatic N) is 2. The maximum Gasteiger partial charge on any atom is 0.289 e.